The van der Waals surface area contributed by atoms with Crippen molar-refractivity contribution in [3.05, 3.63) is 0 Å². The van der Waals surface area contributed by atoms with Crippen LogP contribution in [0.1, 0.15) is 6.92 Å². The number of carbonyl (C=O) groups excluding carboxylic acids is 1. The Labute approximate surface area is 123 Å². The summed E-state index contributed by atoms with van der Waals surface area (Å²) in [5.74, 6) is 0. The topological polar surface area (TPSA) is 92.3 Å². The van der Waals surface area contributed by atoms with Gasteiger partial charge in [-0.25, -0.2) is 4.79 Å². The fraction of sp³-hybridized carbons (Fsp3) is 0.923. The fourth-order valence-corrected chi connectivity index (χ4v) is 3.21. The van der Waals surface area contributed by atoms with Crippen LogP contribution in [-0.2, 0) is 14.2 Å². The molecular formula is C13H23N3O5. The lowest BCUT2D eigenvalue weighted by atomic mass is 9.94. The molecule has 0 radical (unpaired) electrons. The van der Waals surface area contributed by atoms with Crippen LogP contribution in [0, 0.1) is 0 Å². The second kappa shape index (κ2) is 6.45. The number of urea groups is 1. The van der Waals surface area contributed by atoms with Gasteiger partial charge in [0.05, 0.1) is 38.0 Å². The van der Waals surface area contributed by atoms with E-state index in [1.807, 2.05) is 6.92 Å². The third-order valence-corrected chi connectivity index (χ3v) is 4.23. The molecule has 8 nitrogen and oxygen atoms in total. The number of aliphatic hydroxyl groups is 1. The molecule has 21 heavy (non-hydrogen) atoms. The number of fused-ring (bicyclic) bond motifs is 2. The number of hydrogen-bond donors (Lipinski definition) is 3. The second-order valence-electron chi connectivity index (χ2n) is 5.54. The summed E-state index contributed by atoms with van der Waals surface area (Å²) in [6.07, 6.45) is -1.46. The van der Waals surface area contributed by atoms with E-state index in [4.69, 9.17) is 14.2 Å². The third kappa shape index (κ3) is 3.00. The summed E-state index contributed by atoms with van der Waals surface area (Å²) in [5.41, 5.74) is 0. The molecule has 0 aromatic rings. The van der Waals surface area contributed by atoms with Crippen LogP contribution in [0.3, 0.4) is 0 Å². The van der Waals surface area contributed by atoms with E-state index in [1.54, 1.807) is 0 Å². The summed E-state index contributed by atoms with van der Waals surface area (Å²) < 4.78 is 16.8. The Morgan fingerprint density at radius 1 is 1.38 bits per heavy atom. The molecule has 0 aliphatic carbocycles. The third-order valence-electron chi connectivity index (χ3n) is 4.23. The SMILES string of the molecule is CCNC(=O)NC1C2COC(O2)C(N2CCOCC2)C1O. The highest BCUT2D eigenvalue weighted by Gasteiger charge is 2.52. The number of aliphatic hydroxyl groups excluding tert-OH is 1. The van der Waals surface area contributed by atoms with Crippen LogP contribution in [-0.4, -0.2) is 86.1 Å². The summed E-state index contributed by atoms with van der Waals surface area (Å²) in [7, 11) is 0. The van der Waals surface area contributed by atoms with Crippen molar-refractivity contribution in [3.8, 4) is 0 Å². The van der Waals surface area contributed by atoms with Crippen molar-refractivity contribution in [1.29, 1.82) is 0 Å². The average molecular weight is 301 g/mol. The maximum Gasteiger partial charge on any atom is 0.315 e. The van der Waals surface area contributed by atoms with Gasteiger partial charge in [0, 0.05) is 19.6 Å². The van der Waals surface area contributed by atoms with Crippen LogP contribution in [0.5, 0.6) is 0 Å². The van der Waals surface area contributed by atoms with E-state index in [0.717, 1.165) is 13.1 Å². The van der Waals surface area contributed by atoms with Crippen molar-refractivity contribution in [2.75, 3.05) is 39.5 Å². The first-order valence-corrected chi connectivity index (χ1v) is 7.52. The Hall–Kier alpha value is -0.930. The highest BCUT2D eigenvalue weighted by molar-refractivity contribution is 5.74. The number of nitrogens with one attached hydrogen (secondary N) is 2. The zero-order valence-corrected chi connectivity index (χ0v) is 12.2. The number of ether oxygens (including phenoxy) is 3. The summed E-state index contributed by atoms with van der Waals surface area (Å²) in [6, 6.07) is -1.04. The Bertz CT molecular complexity index is 377. The lowest BCUT2D eigenvalue weighted by Crippen LogP contribution is -2.67. The summed E-state index contributed by atoms with van der Waals surface area (Å²) in [5, 5.41) is 16.2. The zero-order valence-electron chi connectivity index (χ0n) is 12.2. The summed E-state index contributed by atoms with van der Waals surface area (Å²) in [4.78, 5) is 13.9. The number of rotatable bonds is 3. The molecule has 3 saturated heterocycles. The maximum absolute atomic E-state index is 11.8. The van der Waals surface area contributed by atoms with Gasteiger partial charge in [-0.05, 0) is 6.92 Å². The first-order valence-electron chi connectivity index (χ1n) is 7.52. The molecule has 8 heteroatoms. The molecule has 3 aliphatic rings. The normalized spacial score (nSPS) is 40.0. The predicted octanol–water partition coefficient (Wildman–Crippen LogP) is -1.51. The Kier molecular flexibility index (Phi) is 4.60. The van der Waals surface area contributed by atoms with Gasteiger partial charge in [-0.2, -0.15) is 0 Å². The zero-order chi connectivity index (χ0) is 14.8. The van der Waals surface area contributed by atoms with Crippen molar-refractivity contribution in [2.45, 2.75) is 37.5 Å². The van der Waals surface area contributed by atoms with E-state index in [9.17, 15) is 9.90 Å². The maximum atomic E-state index is 11.8. The van der Waals surface area contributed by atoms with Gasteiger partial charge in [-0.1, -0.05) is 0 Å². The molecule has 3 fully saturated rings. The van der Waals surface area contributed by atoms with Gasteiger partial charge in [-0.15, -0.1) is 0 Å². The minimum atomic E-state index is -0.725. The van der Waals surface area contributed by atoms with E-state index in [0.29, 0.717) is 26.4 Å². The minimum Gasteiger partial charge on any atom is -0.389 e. The molecule has 120 valence electrons. The first kappa shape index (κ1) is 15.0. The van der Waals surface area contributed by atoms with Crippen LogP contribution < -0.4 is 10.6 Å². The largest absolute Gasteiger partial charge is 0.389 e. The second-order valence-corrected chi connectivity index (χ2v) is 5.54. The Morgan fingerprint density at radius 2 is 2.14 bits per heavy atom. The number of amides is 2. The molecule has 0 saturated carbocycles. The van der Waals surface area contributed by atoms with Gasteiger partial charge in [0.15, 0.2) is 6.29 Å². The van der Waals surface area contributed by atoms with Gasteiger partial charge in [-0.3, -0.25) is 4.90 Å². The molecule has 5 unspecified atom stereocenters. The van der Waals surface area contributed by atoms with Crippen molar-refractivity contribution in [1.82, 2.24) is 15.5 Å². The average Bonchev–Trinajstić information content (AvgIpc) is 2.91. The quantitative estimate of drug-likeness (QED) is 0.587. The van der Waals surface area contributed by atoms with Crippen molar-refractivity contribution in [2.24, 2.45) is 0 Å². The molecule has 0 aromatic carbocycles. The van der Waals surface area contributed by atoms with Crippen LogP contribution in [0.2, 0.25) is 0 Å². The van der Waals surface area contributed by atoms with E-state index in [1.165, 1.54) is 0 Å². The van der Waals surface area contributed by atoms with E-state index in [2.05, 4.69) is 15.5 Å². The van der Waals surface area contributed by atoms with Gasteiger partial charge in [0.2, 0.25) is 0 Å². The Morgan fingerprint density at radius 3 is 2.86 bits per heavy atom. The van der Waals surface area contributed by atoms with E-state index >= 15 is 0 Å². The number of nitrogens with zero attached hydrogens (tertiary/aromatic N) is 1. The molecule has 3 rings (SSSR count). The summed E-state index contributed by atoms with van der Waals surface area (Å²) in [6.45, 7) is 5.49. The molecule has 2 amide bonds. The van der Waals surface area contributed by atoms with Crippen LogP contribution >= 0.6 is 0 Å². The van der Waals surface area contributed by atoms with Crippen molar-refractivity contribution < 1.29 is 24.1 Å². The van der Waals surface area contributed by atoms with Crippen molar-refractivity contribution >= 4 is 6.03 Å². The molecule has 3 heterocycles. The van der Waals surface area contributed by atoms with Crippen LogP contribution in [0.25, 0.3) is 0 Å². The predicted molar refractivity (Wildman–Crippen MR) is 72.8 cm³/mol. The fourth-order valence-electron chi connectivity index (χ4n) is 3.21. The smallest absolute Gasteiger partial charge is 0.315 e. The minimum absolute atomic E-state index is 0.278. The van der Waals surface area contributed by atoms with E-state index in [-0.39, 0.29) is 18.2 Å². The van der Waals surface area contributed by atoms with Gasteiger partial charge < -0.3 is 30.0 Å². The molecular weight excluding hydrogens is 278 g/mol. The highest BCUT2D eigenvalue weighted by Crippen LogP contribution is 2.31. The molecule has 3 N–H and O–H groups in total. The molecule has 2 bridgehead atoms. The lowest BCUT2D eigenvalue weighted by Gasteiger charge is -2.44. The molecule has 0 aromatic heterocycles. The molecule has 3 aliphatic heterocycles. The van der Waals surface area contributed by atoms with Crippen molar-refractivity contribution in [3.63, 3.8) is 0 Å². The standard InChI is InChI=1S/C13H23N3O5/c1-2-14-13(18)15-9-8-7-20-12(21-8)10(11(9)17)16-3-5-19-6-4-16/h8-12,17H,2-7H2,1H3,(H2,14,15,18). The summed E-state index contributed by atoms with van der Waals surface area (Å²) >= 11 is 0. The molecule has 5 atom stereocenters. The first-order chi connectivity index (χ1) is 10.2. The number of hydrogen-bond acceptors (Lipinski definition) is 6. The number of morpholine rings is 1. The van der Waals surface area contributed by atoms with Crippen LogP contribution in [0.15, 0.2) is 0 Å². The molecule has 0 spiro atoms. The van der Waals surface area contributed by atoms with Gasteiger partial charge in [0.1, 0.15) is 6.10 Å². The van der Waals surface area contributed by atoms with Gasteiger partial charge >= 0.3 is 6.03 Å². The Balaban J connectivity index is 1.70. The highest BCUT2D eigenvalue weighted by atomic mass is 16.7. The monoisotopic (exact) mass is 301 g/mol. The van der Waals surface area contributed by atoms with Crippen LogP contribution in [0.4, 0.5) is 4.79 Å². The number of carbonyl (C=O) groups is 1. The van der Waals surface area contributed by atoms with E-state index < -0.39 is 18.4 Å². The lowest BCUT2D eigenvalue weighted by molar-refractivity contribution is -0.189. The van der Waals surface area contributed by atoms with Gasteiger partial charge in [0.25, 0.3) is 0 Å².